The van der Waals surface area contributed by atoms with Crippen LogP contribution in [0.25, 0.3) is 16.7 Å². The molecule has 2 aliphatic carbocycles. The fraction of sp³-hybridized carbons (Fsp3) is 0.541. The summed E-state index contributed by atoms with van der Waals surface area (Å²) < 4.78 is 40.9. The van der Waals surface area contributed by atoms with Crippen molar-refractivity contribution in [1.82, 2.24) is 35.0 Å². The molecule has 3 aliphatic rings. The van der Waals surface area contributed by atoms with Crippen LogP contribution in [0, 0.1) is 12.8 Å². The number of rotatable bonds is 10. The van der Waals surface area contributed by atoms with Crippen molar-refractivity contribution in [3.63, 3.8) is 0 Å². The summed E-state index contributed by atoms with van der Waals surface area (Å²) >= 11 is 0. The van der Waals surface area contributed by atoms with E-state index in [1.165, 1.54) is 4.90 Å². The lowest BCUT2D eigenvalue weighted by Gasteiger charge is -2.26. The summed E-state index contributed by atoms with van der Waals surface area (Å²) in [6.45, 7) is 8.15. The fourth-order valence-corrected chi connectivity index (χ4v) is 7.77. The third-order valence-electron chi connectivity index (χ3n) is 10.5. The highest BCUT2D eigenvalue weighted by Gasteiger charge is 2.62. The number of nitrogens with one attached hydrogen (secondary N) is 3. The highest BCUT2D eigenvalue weighted by Crippen LogP contribution is 2.47. The molecule has 3 atom stereocenters. The number of carbonyl (C=O) groups is 3. The van der Waals surface area contributed by atoms with Gasteiger partial charge in [-0.25, -0.2) is 22.9 Å². The third kappa shape index (κ3) is 7.46. The number of aryl methyl sites for hydroxylation is 1. The van der Waals surface area contributed by atoms with Gasteiger partial charge >= 0.3 is 6.03 Å². The first kappa shape index (κ1) is 37.1. The molecular formula is C37H49N7O7S. The number of amides is 4. The quantitative estimate of drug-likeness (QED) is 0.257. The van der Waals surface area contributed by atoms with E-state index >= 15 is 0 Å². The van der Waals surface area contributed by atoms with Crippen LogP contribution in [0.5, 0.6) is 11.5 Å². The van der Waals surface area contributed by atoms with Gasteiger partial charge in [-0.15, -0.1) is 0 Å². The molecule has 0 bridgehead atoms. The van der Waals surface area contributed by atoms with E-state index in [0.717, 1.165) is 35.9 Å². The minimum absolute atomic E-state index is 0.0112. The molecular weight excluding hydrogens is 687 g/mol. The van der Waals surface area contributed by atoms with Crippen molar-refractivity contribution >= 4 is 38.8 Å². The maximum atomic E-state index is 14.0. The number of benzene rings is 1. The van der Waals surface area contributed by atoms with E-state index in [4.69, 9.17) is 19.6 Å². The van der Waals surface area contributed by atoms with Crippen molar-refractivity contribution < 1.29 is 32.3 Å². The van der Waals surface area contributed by atoms with Crippen LogP contribution in [0.3, 0.4) is 0 Å². The Labute approximate surface area is 304 Å². The topological polar surface area (TPSA) is 174 Å². The summed E-state index contributed by atoms with van der Waals surface area (Å²) in [7, 11) is -0.679. The number of ether oxygens (including phenoxy) is 2. The van der Waals surface area contributed by atoms with E-state index in [9.17, 15) is 22.8 Å². The van der Waals surface area contributed by atoms with Crippen molar-refractivity contribution in [3.8, 4) is 17.3 Å². The lowest BCUT2D eigenvalue weighted by Crippen LogP contribution is -2.58. The minimum Gasteiger partial charge on any atom is -0.496 e. The number of carbonyl (C=O) groups excluding carboxylic acids is 3. The number of aromatic nitrogens is 3. The Hall–Kier alpha value is -4.66. The molecule has 52 heavy (non-hydrogen) atoms. The van der Waals surface area contributed by atoms with Gasteiger partial charge in [-0.1, -0.05) is 26.0 Å². The van der Waals surface area contributed by atoms with Crippen LogP contribution in [-0.4, -0.2) is 89.6 Å². The Morgan fingerprint density at radius 3 is 2.62 bits per heavy atom. The number of fused-ring (bicyclic) bond motifs is 2. The van der Waals surface area contributed by atoms with E-state index in [-0.39, 0.29) is 25.4 Å². The number of nitrogens with zero attached hydrogens (tertiary/aromatic N) is 4. The molecule has 0 spiro atoms. The Morgan fingerprint density at radius 1 is 1.15 bits per heavy atom. The summed E-state index contributed by atoms with van der Waals surface area (Å²) in [4.78, 5) is 47.4. The van der Waals surface area contributed by atoms with Crippen LogP contribution in [0.15, 0.2) is 42.6 Å². The van der Waals surface area contributed by atoms with Crippen LogP contribution in [0.1, 0.15) is 82.9 Å². The molecule has 2 unspecified atom stereocenters. The number of sulfonamides is 1. The standard InChI is InChI=1S/C37H49N7O7S/c1-23(2)27-14-19-44(41-27)31-21-30(26-12-13-29(50-6)24(3)32(26)39-31)51-20-15-28-33(45)40-37(34(46)42-52(48,49)36(4)16-17-36)22-25(37)11-9-7-8-10-18-43(5)35(47)38-28/h9,11-14,19,21,23,25,28H,7-8,10,15-18,20,22H2,1-6H3,(H,38,47)(H,40,45)(H,42,46)/b11-9-/t25?,28?,37-/m1/s1. The summed E-state index contributed by atoms with van der Waals surface area (Å²) in [5, 5.41) is 11.1. The average molecular weight is 736 g/mol. The van der Waals surface area contributed by atoms with E-state index in [1.54, 1.807) is 31.8 Å². The zero-order valence-corrected chi connectivity index (χ0v) is 31.5. The second-order valence-electron chi connectivity index (χ2n) is 14.7. The Bertz CT molecular complexity index is 2010. The van der Waals surface area contributed by atoms with Gasteiger partial charge in [-0.05, 0) is 76.5 Å². The summed E-state index contributed by atoms with van der Waals surface area (Å²) in [5.41, 5.74) is 0.927. The third-order valence-corrected chi connectivity index (χ3v) is 12.7. The molecule has 1 aromatic carbocycles. The van der Waals surface area contributed by atoms with Crippen molar-refractivity contribution in [2.45, 2.75) is 94.9 Å². The predicted molar refractivity (Wildman–Crippen MR) is 196 cm³/mol. The van der Waals surface area contributed by atoms with Gasteiger partial charge in [0.05, 0.1) is 29.7 Å². The van der Waals surface area contributed by atoms with E-state index in [2.05, 4.69) is 29.2 Å². The number of hydrogen-bond donors (Lipinski definition) is 3. The monoisotopic (exact) mass is 735 g/mol. The lowest BCUT2D eigenvalue weighted by atomic mass is 10.1. The Kier molecular flexibility index (Phi) is 10.3. The number of methoxy groups -OCH3 is 1. The van der Waals surface area contributed by atoms with Crippen LogP contribution >= 0.6 is 0 Å². The molecule has 3 heterocycles. The fourth-order valence-electron chi connectivity index (χ4n) is 6.46. The first-order valence-corrected chi connectivity index (χ1v) is 19.4. The molecule has 1 aliphatic heterocycles. The molecule has 3 N–H and O–H groups in total. The smallest absolute Gasteiger partial charge is 0.317 e. The van der Waals surface area contributed by atoms with Crippen molar-refractivity contribution in [1.29, 1.82) is 0 Å². The van der Waals surface area contributed by atoms with Crippen molar-refractivity contribution in [3.05, 3.63) is 53.9 Å². The molecule has 0 saturated heterocycles. The molecule has 280 valence electrons. The normalized spacial score (nSPS) is 23.9. The molecule has 2 fully saturated rings. The molecule has 3 aromatic rings. The zero-order chi connectivity index (χ0) is 37.4. The van der Waals surface area contributed by atoms with Gasteiger partial charge in [0.25, 0.3) is 5.91 Å². The zero-order valence-electron chi connectivity index (χ0n) is 30.7. The van der Waals surface area contributed by atoms with Crippen molar-refractivity contribution in [2.24, 2.45) is 5.92 Å². The van der Waals surface area contributed by atoms with Gasteiger partial charge in [0.2, 0.25) is 15.9 Å². The van der Waals surface area contributed by atoms with Gasteiger partial charge in [-0.3, -0.25) is 14.3 Å². The highest BCUT2D eigenvalue weighted by atomic mass is 32.2. The molecule has 15 heteroatoms. The average Bonchev–Trinajstić information content (AvgIpc) is 3.96. The summed E-state index contributed by atoms with van der Waals surface area (Å²) in [5.74, 6) is 0.151. The second kappa shape index (κ2) is 14.4. The second-order valence-corrected chi connectivity index (χ2v) is 16.9. The van der Waals surface area contributed by atoms with Crippen LogP contribution < -0.4 is 24.8 Å². The summed E-state index contributed by atoms with van der Waals surface area (Å²) in [6, 6.07) is 5.89. The molecule has 4 amide bonds. The van der Waals surface area contributed by atoms with Crippen LogP contribution in [0.4, 0.5) is 4.79 Å². The molecule has 0 radical (unpaired) electrons. The molecule has 6 rings (SSSR count). The number of allylic oxidation sites excluding steroid dienone is 1. The highest BCUT2D eigenvalue weighted by molar-refractivity contribution is 7.91. The van der Waals surface area contributed by atoms with Gasteiger partial charge in [0.1, 0.15) is 23.1 Å². The first-order valence-electron chi connectivity index (χ1n) is 17.9. The molecule has 2 saturated carbocycles. The van der Waals surface area contributed by atoms with E-state index in [1.807, 2.05) is 43.5 Å². The largest absolute Gasteiger partial charge is 0.496 e. The maximum Gasteiger partial charge on any atom is 0.317 e. The van der Waals surface area contributed by atoms with E-state index < -0.39 is 50.1 Å². The Balaban J connectivity index is 1.27. The van der Waals surface area contributed by atoms with Crippen LogP contribution in [0.2, 0.25) is 0 Å². The van der Waals surface area contributed by atoms with Crippen LogP contribution in [-0.2, 0) is 19.6 Å². The van der Waals surface area contributed by atoms with E-state index in [0.29, 0.717) is 42.2 Å². The molecule has 14 nitrogen and oxygen atoms in total. The lowest BCUT2D eigenvalue weighted by molar-refractivity contribution is -0.130. The van der Waals surface area contributed by atoms with Gasteiger partial charge in [0, 0.05) is 49.1 Å². The number of urea groups is 1. The van der Waals surface area contributed by atoms with Gasteiger partial charge in [-0.2, -0.15) is 5.10 Å². The number of pyridine rings is 1. The van der Waals surface area contributed by atoms with Gasteiger partial charge in [0.15, 0.2) is 5.82 Å². The summed E-state index contributed by atoms with van der Waals surface area (Å²) in [6.07, 6.45) is 9.19. The first-order chi connectivity index (χ1) is 24.7. The van der Waals surface area contributed by atoms with Crippen molar-refractivity contribution in [2.75, 3.05) is 27.3 Å². The Morgan fingerprint density at radius 2 is 1.92 bits per heavy atom. The SMILES string of the molecule is COc1ccc2c(OCCC3NC(=O)N(C)CCCC/C=C\C4C[C@@]4(C(=O)NS(=O)(=O)C4(C)CC4)NC3=O)cc(-n3ccc(C(C)C)n3)nc2c1C. The molecule has 2 aromatic heterocycles. The predicted octanol–water partition coefficient (Wildman–Crippen LogP) is 4.25. The maximum absolute atomic E-state index is 14.0. The number of hydrogen-bond acceptors (Lipinski definition) is 9. The minimum atomic E-state index is -3.94. The van der Waals surface area contributed by atoms with Gasteiger partial charge < -0.3 is 25.0 Å².